The zero-order valence-corrected chi connectivity index (χ0v) is 9.24. The lowest BCUT2D eigenvalue weighted by Gasteiger charge is -2.29. The fourth-order valence-electron chi connectivity index (χ4n) is 2.62. The minimum atomic E-state index is 0.278. The fraction of sp³-hybridized carbons (Fsp3) is 0.385. The van der Waals surface area contributed by atoms with Crippen LogP contribution in [0.1, 0.15) is 17.9 Å². The molecule has 1 aliphatic heterocycles. The summed E-state index contributed by atoms with van der Waals surface area (Å²) >= 11 is 0. The maximum absolute atomic E-state index is 6.21. The molecule has 1 aromatic carbocycles. The molecule has 16 heavy (non-hydrogen) atoms. The lowest BCUT2D eigenvalue weighted by Crippen LogP contribution is -2.43. The third kappa shape index (κ3) is 1.52. The van der Waals surface area contributed by atoms with Crippen LogP contribution in [0.25, 0.3) is 10.9 Å². The van der Waals surface area contributed by atoms with Gasteiger partial charge in [0.1, 0.15) is 0 Å². The predicted molar refractivity (Wildman–Crippen MR) is 66.5 cm³/mol. The van der Waals surface area contributed by atoms with E-state index in [2.05, 4.69) is 40.8 Å². The van der Waals surface area contributed by atoms with E-state index in [-0.39, 0.29) is 6.04 Å². The summed E-state index contributed by atoms with van der Waals surface area (Å²) in [4.78, 5) is 3.32. The first-order valence-electron chi connectivity index (χ1n) is 5.88. The molecule has 0 radical (unpaired) electrons. The lowest BCUT2D eigenvalue weighted by molar-refractivity contribution is 0.404. The highest BCUT2D eigenvalue weighted by Gasteiger charge is 2.25. The van der Waals surface area contributed by atoms with Crippen LogP contribution < -0.4 is 11.1 Å². The maximum atomic E-state index is 6.21. The van der Waals surface area contributed by atoms with Crippen LogP contribution in [0.15, 0.2) is 30.5 Å². The standard InChI is InChI=1S/C13H17N3/c14-12-5-6-15-7-11(12)10-8-16-13-4-2-1-3-9(10)13/h1-4,8,11-12,15-16H,5-7,14H2. The van der Waals surface area contributed by atoms with Crippen molar-refractivity contribution in [3.63, 3.8) is 0 Å². The highest BCUT2D eigenvalue weighted by molar-refractivity contribution is 5.83. The maximum Gasteiger partial charge on any atom is 0.0456 e. The van der Waals surface area contributed by atoms with Gasteiger partial charge in [0, 0.05) is 35.6 Å². The van der Waals surface area contributed by atoms with Crippen LogP contribution in [0, 0.1) is 0 Å². The molecule has 0 bridgehead atoms. The number of H-pyrrole nitrogens is 1. The highest BCUT2D eigenvalue weighted by atomic mass is 14.9. The monoisotopic (exact) mass is 215 g/mol. The molecule has 1 aliphatic rings. The average Bonchev–Trinajstić information content (AvgIpc) is 2.74. The number of aromatic nitrogens is 1. The molecule has 0 spiro atoms. The van der Waals surface area contributed by atoms with Gasteiger partial charge in [-0.1, -0.05) is 18.2 Å². The number of fused-ring (bicyclic) bond motifs is 1. The van der Waals surface area contributed by atoms with Gasteiger partial charge in [0.25, 0.3) is 0 Å². The summed E-state index contributed by atoms with van der Waals surface area (Å²) in [6.45, 7) is 2.03. The molecule has 1 aromatic heterocycles. The van der Waals surface area contributed by atoms with E-state index in [1.54, 1.807) is 0 Å². The van der Waals surface area contributed by atoms with Crippen LogP contribution in [0.2, 0.25) is 0 Å². The molecule has 1 fully saturated rings. The van der Waals surface area contributed by atoms with Crippen molar-refractivity contribution in [1.29, 1.82) is 0 Å². The van der Waals surface area contributed by atoms with Gasteiger partial charge in [-0.05, 0) is 24.6 Å². The van der Waals surface area contributed by atoms with Gasteiger partial charge in [-0.2, -0.15) is 0 Å². The number of benzene rings is 1. The molecule has 2 unspecified atom stereocenters. The third-order valence-electron chi connectivity index (χ3n) is 3.56. The van der Waals surface area contributed by atoms with E-state index >= 15 is 0 Å². The van der Waals surface area contributed by atoms with E-state index in [0.29, 0.717) is 5.92 Å². The molecule has 2 atom stereocenters. The Morgan fingerprint density at radius 1 is 1.25 bits per heavy atom. The Labute approximate surface area is 95.0 Å². The molecular weight excluding hydrogens is 198 g/mol. The Morgan fingerprint density at radius 3 is 3.00 bits per heavy atom. The van der Waals surface area contributed by atoms with Crippen LogP contribution >= 0.6 is 0 Å². The van der Waals surface area contributed by atoms with Crippen molar-refractivity contribution < 1.29 is 0 Å². The highest BCUT2D eigenvalue weighted by Crippen LogP contribution is 2.29. The van der Waals surface area contributed by atoms with Crippen molar-refractivity contribution in [2.75, 3.05) is 13.1 Å². The summed E-state index contributed by atoms with van der Waals surface area (Å²) in [5.74, 6) is 0.435. The van der Waals surface area contributed by atoms with E-state index in [9.17, 15) is 0 Å². The third-order valence-corrected chi connectivity index (χ3v) is 3.56. The van der Waals surface area contributed by atoms with Crippen molar-refractivity contribution in [3.8, 4) is 0 Å². The van der Waals surface area contributed by atoms with Gasteiger partial charge in [0.15, 0.2) is 0 Å². The number of para-hydroxylation sites is 1. The smallest absolute Gasteiger partial charge is 0.0456 e. The summed E-state index contributed by atoms with van der Waals surface area (Å²) in [5.41, 5.74) is 8.77. The van der Waals surface area contributed by atoms with E-state index in [0.717, 1.165) is 19.5 Å². The summed E-state index contributed by atoms with van der Waals surface area (Å²) < 4.78 is 0. The number of piperidine rings is 1. The topological polar surface area (TPSA) is 53.8 Å². The Morgan fingerprint density at radius 2 is 2.12 bits per heavy atom. The molecule has 3 rings (SSSR count). The molecule has 4 N–H and O–H groups in total. The second-order valence-electron chi connectivity index (χ2n) is 4.55. The van der Waals surface area contributed by atoms with Gasteiger partial charge < -0.3 is 16.0 Å². The first-order chi connectivity index (χ1) is 7.86. The van der Waals surface area contributed by atoms with Gasteiger partial charge in [0.05, 0.1) is 0 Å². The first-order valence-corrected chi connectivity index (χ1v) is 5.88. The Kier molecular flexibility index (Phi) is 2.42. The number of hydrogen-bond donors (Lipinski definition) is 3. The molecule has 3 heteroatoms. The lowest BCUT2D eigenvalue weighted by atomic mass is 9.87. The molecule has 2 heterocycles. The summed E-state index contributed by atoms with van der Waals surface area (Å²) in [6.07, 6.45) is 3.17. The Bertz CT molecular complexity index is 489. The molecule has 0 saturated carbocycles. The predicted octanol–water partition coefficient (Wildman–Crippen LogP) is 1.57. The summed E-state index contributed by atoms with van der Waals surface area (Å²) in [5, 5.41) is 4.74. The molecule has 3 nitrogen and oxygen atoms in total. The Balaban J connectivity index is 2.04. The van der Waals surface area contributed by atoms with Crippen molar-refractivity contribution in [2.24, 2.45) is 5.73 Å². The van der Waals surface area contributed by atoms with Gasteiger partial charge in [-0.25, -0.2) is 0 Å². The number of nitrogens with two attached hydrogens (primary N) is 1. The van der Waals surface area contributed by atoms with Crippen molar-refractivity contribution in [2.45, 2.75) is 18.4 Å². The van der Waals surface area contributed by atoms with Crippen LogP contribution in [-0.2, 0) is 0 Å². The zero-order valence-electron chi connectivity index (χ0n) is 9.24. The molecule has 0 aliphatic carbocycles. The number of hydrogen-bond acceptors (Lipinski definition) is 2. The molecular formula is C13H17N3. The molecule has 0 amide bonds. The largest absolute Gasteiger partial charge is 0.361 e. The number of nitrogens with one attached hydrogen (secondary N) is 2. The Hall–Kier alpha value is -1.32. The summed E-state index contributed by atoms with van der Waals surface area (Å²) in [7, 11) is 0. The zero-order chi connectivity index (χ0) is 11.0. The van der Waals surface area contributed by atoms with Crippen LogP contribution in [0.5, 0.6) is 0 Å². The second kappa shape index (κ2) is 3.92. The van der Waals surface area contributed by atoms with Crippen molar-refractivity contribution in [3.05, 3.63) is 36.0 Å². The van der Waals surface area contributed by atoms with Gasteiger partial charge in [-0.3, -0.25) is 0 Å². The van der Waals surface area contributed by atoms with Crippen molar-refractivity contribution in [1.82, 2.24) is 10.3 Å². The van der Waals surface area contributed by atoms with E-state index in [1.807, 2.05) is 0 Å². The number of aromatic amines is 1. The van der Waals surface area contributed by atoms with Crippen LogP contribution in [0.4, 0.5) is 0 Å². The molecule has 2 aromatic rings. The van der Waals surface area contributed by atoms with Gasteiger partial charge in [0.2, 0.25) is 0 Å². The van der Waals surface area contributed by atoms with Crippen molar-refractivity contribution >= 4 is 10.9 Å². The van der Waals surface area contributed by atoms with Gasteiger partial charge in [-0.15, -0.1) is 0 Å². The van der Waals surface area contributed by atoms with E-state index in [4.69, 9.17) is 5.73 Å². The molecule has 84 valence electrons. The second-order valence-corrected chi connectivity index (χ2v) is 4.55. The normalized spacial score (nSPS) is 26.1. The SMILES string of the molecule is NC1CCNCC1c1c[nH]c2ccccc12. The quantitative estimate of drug-likeness (QED) is 0.676. The minimum absolute atomic E-state index is 0.278. The van der Waals surface area contributed by atoms with Crippen LogP contribution in [0.3, 0.4) is 0 Å². The number of rotatable bonds is 1. The fourth-order valence-corrected chi connectivity index (χ4v) is 2.62. The first kappa shape index (κ1) is 9.87. The molecule has 1 saturated heterocycles. The average molecular weight is 215 g/mol. The van der Waals surface area contributed by atoms with E-state index < -0.39 is 0 Å². The van der Waals surface area contributed by atoms with Gasteiger partial charge >= 0.3 is 0 Å². The van der Waals surface area contributed by atoms with E-state index in [1.165, 1.54) is 16.5 Å². The minimum Gasteiger partial charge on any atom is -0.361 e. The summed E-state index contributed by atoms with van der Waals surface area (Å²) in [6, 6.07) is 8.70. The van der Waals surface area contributed by atoms with Crippen LogP contribution in [-0.4, -0.2) is 24.1 Å².